The summed E-state index contributed by atoms with van der Waals surface area (Å²) in [6, 6.07) is 5.07. The molecule has 2 aromatic heterocycles. The molecule has 34 heavy (non-hydrogen) atoms. The number of alkyl halides is 2. The van der Waals surface area contributed by atoms with Gasteiger partial charge in [-0.3, -0.25) is 0 Å². The van der Waals surface area contributed by atoms with Crippen molar-refractivity contribution in [1.29, 1.82) is 0 Å². The van der Waals surface area contributed by atoms with Gasteiger partial charge in [0.25, 0.3) is 0 Å². The first-order chi connectivity index (χ1) is 16.2. The normalized spacial score (nSPS) is 24.1. The Morgan fingerprint density at radius 3 is 2.71 bits per heavy atom. The van der Waals surface area contributed by atoms with Crippen molar-refractivity contribution in [2.45, 2.75) is 51.6 Å². The Labute approximate surface area is 197 Å². The van der Waals surface area contributed by atoms with E-state index < -0.39 is 23.4 Å². The van der Waals surface area contributed by atoms with E-state index in [0.717, 1.165) is 12.1 Å². The van der Waals surface area contributed by atoms with Gasteiger partial charge in [-0.2, -0.15) is 0 Å². The van der Waals surface area contributed by atoms with E-state index in [-0.39, 0.29) is 24.4 Å². The summed E-state index contributed by atoms with van der Waals surface area (Å²) in [7, 11) is 1.56. The van der Waals surface area contributed by atoms with E-state index in [2.05, 4.69) is 26.7 Å². The number of aromatic hydroxyl groups is 1. The van der Waals surface area contributed by atoms with Crippen LogP contribution in [0.25, 0.3) is 22.6 Å². The van der Waals surface area contributed by atoms with Crippen molar-refractivity contribution in [3.8, 4) is 22.8 Å². The van der Waals surface area contributed by atoms with E-state index in [9.17, 15) is 13.9 Å². The van der Waals surface area contributed by atoms with Crippen molar-refractivity contribution in [2.24, 2.45) is 11.3 Å². The van der Waals surface area contributed by atoms with Crippen molar-refractivity contribution in [2.75, 3.05) is 7.11 Å². The van der Waals surface area contributed by atoms with Gasteiger partial charge in [-0.25, -0.2) is 18.7 Å². The minimum atomic E-state index is -2.82. The smallest absolute Gasteiger partial charge is 0.249 e. The van der Waals surface area contributed by atoms with Gasteiger partial charge in [0.1, 0.15) is 11.4 Å². The fourth-order valence-electron chi connectivity index (χ4n) is 5.25. The van der Waals surface area contributed by atoms with Gasteiger partial charge in [0.2, 0.25) is 5.92 Å². The lowest BCUT2D eigenvalue weighted by Gasteiger charge is -2.48. The van der Waals surface area contributed by atoms with E-state index in [1.165, 1.54) is 6.20 Å². The molecule has 0 unspecified atom stereocenters. The first kappa shape index (κ1) is 23.9. The van der Waals surface area contributed by atoms with Gasteiger partial charge in [0.05, 0.1) is 29.9 Å². The van der Waals surface area contributed by atoms with Crippen LogP contribution in [-0.2, 0) is 4.74 Å². The van der Waals surface area contributed by atoms with Gasteiger partial charge in [0.15, 0.2) is 5.82 Å². The third-order valence-corrected chi connectivity index (χ3v) is 6.67. The molecule has 4 rings (SSSR count). The molecule has 180 valence electrons. The molecule has 1 aliphatic carbocycles. The molecule has 0 amide bonds. The van der Waals surface area contributed by atoms with E-state index in [0.29, 0.717) is 23.3 Å². The number of halogens is 2. The number of rotatable bonds is 7. The lowest BCUT2D eigenvalue weighted by Crippen LogP contribution is -2.50. The highest BCUT2D eigenvalue weighted by Gasteiger charge is 2.54. The highest BCUT2D eigenvalue weighted by atomic mass is 19.3. The maximum absolute atomic E-state index is 14.7. The standard InChI is InChI=1S/C25H29F2N5O2/c1-5-8-24(3)14-25(26,27)12-19(22(24)34-4)16(2)20-13-29-23(31-30-20)18-7-6-17(11-21(18)33)32-10-9-28-15-32/h6-7,9-11,13,15,19,22,33H,2,5,8,12,14H2,1,3-4H3/t19-,22-,24-/m1/s1. The molecule has 1 fully saturated rings. The maximum atomic E-state index is 14.7. The summed E-state index contributed by atoms with van der Waals surface area (Å²) in [5, 5.41) is 18.9. The maximum Gasteiger partial charge on any atom is 0.249 e. The number of phenolic OH excluding ortho intramolecular Hbond substituents is 1. The zero-order chi connectivity index (χ0) is 24.5. The number of aromatic nitrogens is 5. The Balaban J connectivity index is 1.59. The molecular weight excluding hydrogens is 440 g/mol. The summed E-state index contributed by atoms with van der Waals surface area (Å²) < 4.78 is 37.0. The van der Waals surface area contributed by atoms with E-state index in [1.54, 1.807) is 48.6 Å². The average Bonchev–Trinajstić information content (AvgIpc) is 3.33. The van der Waals surface area contributed by atoms with E-state index in [1.807, 2.05) is 13.8 Å². The molecule has 0 saturated heterocycles. The SMILES string of the molecule is C=C(c1cnc(-c2ccc(-n3ccnc3)cc2O)nn1)[C@H]1CC(F)(F)C[C@@](C)(CCC)[C@@H]1OC. The van der Waals surface area contributed by atoms with Crippen molar-refractivity contribution < 1.29 is 18.6 Å². The third-order valence-electron chi connectivity index (χ3n) is 6.67. The lowest BCUT2D eigenvalue weighted by molar-refractivity contribution is -0.157. The first-order valence-corrected chi connectivity index (χ1v) is 11.3. The van der Waals surface area contributed by atoms with Crippen LogP contribution >= 0.6 is 0 Å². The zero-order valence-corrected chi connectivity index (χ0v) is 19.6. The van der Waals surface area contributed by atoms with Crippen LogP contribution in [0.4, 0.5) is 8.78 Å². The van der Waals surface area contributed by atoms with Crippen molar-refractivity contribution in [3.63, 3.8) is 0 Å². The quantitative estimate of drug-likeness (QED) is 0.505. The van der Waals surface area contributed by atoms with Gasteiger partial charge < -0.3 is 14.4 Å². The van der Waals surface area contributed by atoms with Gasteiger partial charge in [-0.05, 0) is 24.1 Å². The number of phenols is 1. The Morgan fingerprint density at radius 1 is 1.32 bits per heavy atom. The summed E-state index contributed by atoms with van der Waals surface area (Å²) in [5.41, 5.74) is 1.22. The van der Waals surface area contributed by atoms with Gasteiger partial charge in [-0.1, -0.05) is 26.8 Å². The summed E-state index contributed by atoms with van der Waals surface area (Å²) in [6.45, 7) is 7.93. The number of imidazole rings is 1. The summed E-state index contributed by atoms with van der Waals surface area (Å²) in [5.74, 6) is -3.23. The molecule has 9 heteroatoms. The number of hydrogen-bond donors (Lipinski definition) is 1. The Bertz CT molecular complexity index is 1150. The van der Waals surface area contributed by atoms with E-state index >= 15 is 0 Å². The zero-order valence-electron chi connectivity index (χ0n) is 19.6. The Kier molecular flexibility index (Phi) is 6.49. The number of benzene rings is 1. The minimum absolute atomic E-state index is 0.0127. The van der Waals surface area contributed by atoms with Crippen LogP contribution in [0.1, 0.15) is 45.2 Å². The van der Waals surface area contributed by atoms with E-state index in [4.69, 9.17) is 4.74 Å². The molecule has 3 aromatic rings. The molecular formula is C25H29F2N5O2. The monoisotopic (exact) mass is 469 g/mol. The van der Waals surface area contributed by atoms with Crippen molar-refractivity contribution in [1.82, 2.24) is 24.7 Å². The number of hydrogen-bond acceptors (Lipinski definition) is 6. The first-order valence-electron chi connectivity index (χ1n) is 11.3. The Morgan fingerprint density at radius 2 is 2.12 bits per heavy atom. The van der Waals surface area contributed by atoms with Gasteiger partial charge in [-0.15, -0.1) is 10.2 Å². The minimum Gasteiger partial charge on any atom is -0.507 e. The molecule has 0 spiro atoms. The Hall–Kier alpha value is -3.20. The second-order valence-corrected chi connectivity index (χ2v) is 9.27. The number of nitrogens with zero attached hydrogens (tertiary/aromatic N) is 5. The topological polar surface area (TPSA) is 86.0 Å². The van der Waals surface area contributed by atoms with Crippen LogP contribution in [0.5, 0.6) is 5.75 Å². The molecule has 0 bridgehead atoms. The fraction of sp³-hybridized carbons (Fsp3) is 0.440. The molecule has 1 aromatic carbocycles. The highest BCUT2D eigenvalue weighted by molar-refractivity contribution is 5.67. The van der Waals surface area contributed by atoms with Gasteiger partial charge in [0, 0.05) is 49.7 Å². The molecule has 1 saturated carbocycles. The summed E-state index contributed by atoms with van der Waals surface area (Å²) >= 11 is 0. The van der Waals surface area contributed by atoms with Crippen molar-refractivity contribution in [3.05, 3.63) is 55.4 Å². The molecule has 0 aliphatic heterocycles. The molecule has 2 heterocycles. The van der Waals surface area contributed by atoms with Crippen LogP contribution in [0.2, 0.25) is 0 Å². The largest absolute Gasteiger partial charge is 0.507 e. The molecule has 0 radical (unpaired) electrons. The summed E-state index contributed by atoms with van der Waals surface area (Å²) in [4.78, 5) is 8.33. The molecule has 1 N–H and O–H groups in total. The predicted octanol–water partition coefficient (Wildman–Crippen LogP) is 5.31. The fourth-order valence-corrected chi connectivity index (χ4v) is 5.25. The molecule has 3 atom stereocenters. The average molecular weight is 470 g/mol. The van der Waals surface area contributed by atoms with Crippen LogP contribution in [0.3, 0.4) is 0 Å². The predicted molar refractivity (Wildman–Crippen MR) is 125 cm³/mol. The number of ether oxygens (including phenoxy) is 1. The van der Waals surface area contributed by atoms with Crippen molar-refractivity contribution >= 4 is 5.57 Å². The van der Waals surface area contributed by atoms with Crippen LogP contribution < -0.4 is 0 Å². The lowest BCUT2D eigenvalue weighted by atomic mass is 9.63. The molecule has 7 nitrogen and oxygen atoms in total. The second-order valence-electron chi connectivity index (χ2n) is 9.27. The van der Waals surface area contributed by atoms with Crippen LogP contribution in [0.15, 0.2) is 49.7 Å². The second kappa shape index (κ2) is 9.21. The molecule has 1 aliphatic rings. The third kappa shape index (κ3) is 4.57. The van der Waals surface area contributed by atoms with Gasteiger partial charge >= 0.3 is 0 Å². The van der Waals surface area contributed by atoms with Crippen LogP contribution in [-0.4, -0.2) is 49.0 Å². The summed E-state index contributed by atoms with van der Waals surface area (Å²) in [6.07, 6.45) is 6.92. The van der Waals surface area contributed by atoms with Crippen LogP contribution in [0, 0.1) is 11.3 Å². The highest BCUT2D eigenvalue weighted by Crippen LogP contribution is 2.53. The number of methoxy groups -OCH3 is 1.